The van der Waals surface area contributed by atoms with Crippen LogP contribution in [0.15, 0.2) is 24.3 Å². The van der Waals surface area contributed by atoms with Crippen LogP contribution < -0.4 is 5.32 Å². The molecule has 1 amide bonds. The molecule has 86 valence electrons. The van der Waals surface area contributed by atoms with Crippen molar-refractivity contribution in [3.63, 3.8) is 0 Å². The minimum absolute atomic E-state index is 0.138. The Morgan fingerprint density at radius 1 is 1.50 bits per heavy atom. The normalized spacial score (nSPS) is 24.3. The molecule has 0 saturated carbocycles. The van der Waals surface area contributed by atoms with E-state index in [0.717, 1.165) is 12.8 Å². The SMILES string of the molecule is CC1CCC(C(=O)Nc2cccc(O)c2)O1. The van der Waals surface area contributed by atoms with Crippen molar-refractivity contribution in [3.8, 4) is 5.75 Å². The molecule has 0 aliphatic carbocycles. The van der Waals surface area contributed by atoms with Crippen LogP contribution in [0, 0.1) is 0 Å². The molecule has 0 radical (unpaired) electrons. The number of benzene rings is 1. The van der Waals surface area contributed by atoms with Gasteiger partial charge in [-0.1, -0.05) is 6.07 Å². The summed E-state index contributed by atoms with van der Waals surface area (Å²) in [6.45, 7) is 1.96. The molecule has 1 aliphatic heterocycles. The maximum Gasteiger partial charge on any atom is 0.253 e. The molecular weight excluding hydrogens is 206 g/mol. The maximum atomic E-state index is 11.8. The molecule has 4 nitrogen and oxygen atoms in total. The van der Waals surface area contributed by atoms with E-state index in [1.807, 2.05) is 6.92 Å². The average molecular weight is 221 g/mol. The van der Waals surface area contributed by atoms with Gasteiger partial charge in [-0.25, -0.2) is 0 Å². The first-order valence-corrected chi connectivity index (χ1v) is 5.40. The van der Waals surface area contributed by atoms with Crippen LogP contribution in [0.2, 0.25) is 0 Å². The molecule has 2 rings (SSSR count). The van der Waals surface area contributed by atoms with Gasteiger partial charge in [0.05, 0.1) is 6.10 Å². The summed E-state index contributed by atoms with van der Waals surface area (Å²) < 4.78 is 5.45. The summed E-state index contributed by atoms with van der Waals surface area (Å²) in [4.78, 5) is 11.8. The minimum atomic E-state index is -0.364. The van der Waals surface area contributed by atoms with E-state index in [9.17, 15) is 9.90 Å². The first-order chi connectivity index (χ1) is 7.65. The number of aromatic hydroxyl groups is 1. The van der Waals surface area contributed by atoms with Crippen molar-refractivity contribution >= 4 is 11.6 Å². The van der Waals surface area contributed by atoms with Crippen LogP contribution in [-0.4, -0.2) is 23.2 Å². The maximum absolute atomic E-state index is 11.8. The Balaban J connectivity index is 1.97. The van der Waals surface area contributed by atoms with Gasteiger partial charge in [-0.3, -0.25) is 4.79 Å². The van der Waals surface area contributed by atoms with E-state index in [4.69, 9.17) is 4.74 Å². The number of nitrogens with one attached hydrogen (secondary N) is 1. The highest BCUT2D eigenvalue weighted by atomic mass is 16.5. The summed E-state index contributed by atoms with van der Waals surface area (Å²) in [5.41, 5.74) is 0.591. The molecule has 1 heterocycles. The third-order valence-electron chi connectivity index (χ3n) is 2.64. The highest BCUT2D eigenvalue weighted by Crippen LogP contribution is 2.21. The Morgan fingerprint density at radius 2 is 2.31 bits per heavy atom. The Labute approximate surface area is 94.2 Å². The summed E-state index contributed by atoms with van der Waals surface area (Å²) in [6, 6.07) is 6.49. The standard InChI is InChI=1S/C12H15NO3/c1-8-5-6-11(16-8)12(15)13-9-3-2-4-10(14)7-9/h2-4,7-8,11,14H,5-6H2,1H3,(H,13,15). The largest absolute Gasteiger partial charge is 0.508 e. The van der Waals surface area contributed by atoms with Crippen molar-refractivity contribution < 1.29 is 14.6 Å². The van der Waals surface area contributed by atoms with Crippen molar-refractivity contribution in [2.45, 2.75) is 32.0 Å². The van der Waals surface area contributed by atoms with Gasteiger partial charge in [0.1, 0.15) is 11.9 Å². The second kappa shape index (κ2) is 4.53. The molecule has 1 aromatic carbocycles. The summed E-state index contributed by atoms with van der Waals surface area (Å²) in [5.74, 6) is -0.00606. The number of hydrogen-bond donors (Lipinski definition) is 2. The summed E-state index contributed by atoms with van der Waals surface area (Å²) in [7, 11) is 0. The predicted molar refractivity (Wildman–Crippen MR) is 60.3 cm³/mol. The van der Waals surface area contributed by atoms with Crippen LogP contribution in [0.3, 0.4) is 0 Å². The Bertz CT molecular complexity index is 392. The predicted octanol–water partition coefficient (Wildman–Crippen LogP) is 1.90. The third kappa shape index (κ3) is 2.52. The lowest BCUT2D eigenvalue weighted by atomic mass is 10.2. The molecule has 0 spiro atoms. The van der Waals surface area contributed by atoms with Crippen molar-refractivity contribution in [1.82, 2.24) is 0 Å². The molecule has 1 aromatic rings. The second-order valence-corrected chi connectivity index (χ2v) is 4.05. The number of hydrogen-bond acceptors (Lipinski definition) is 3. The summed E-state index contributed by atoms with van der Waals surface area (Å²) in [6.07, 6.45) is 1.46. The van der Waals surface area contributed by atoms with E-state index in [-0.39, 0.29) is 23.9 Å². The van der Waals surface area contributed by atoms with Gasteiger partial charge < -0.3 is 15.2 Å². The molecule has 1 fully saturated rings. The van der Waals surface area contributed by atoms with Crippen LogP contribution in [0.25, 0.3) is 0 Å². The first kappa shape index (κ1) is 11.0. The van der Waals surface area contributed by atoms with Gasteiger partial charge in [-0.05, 0) is 31.9 Å². The van der Waals surface area contributed by atoms with Gasteiger partial charge in [0.25, 0.3) is 5.91 Å². The summed E-state index contributed by atoms with van der Waals surface area (Å²) in [5, 5.41) is 12.0. The number of anilines is 1. The quantitative estimate of drug-likeness (QED) is 0.801. The van der Waals surface area contributed by atoms with E-state index >= 15 is 0 Å². The topological polar surface area (TPSA) is 58.6 Å². The zero-order valence-corrected chi connectivity index (χ0v) is 9.14. The molecule has 0 aromatic heterocycles. The van der Waals surface area contributed by atoms with E-state index in [2.05, 4.69) is 5.32 Å². The minimum Gasteiger partial charge on any atom is -0.508 e. The second-order valence-electron chi connectivity index (χ2n) is 4.05. The van der Waals surface area contributed by atoms with Gasteiger partial charge in [0, 0.05) is 11.8 Å². The molecule has 4 heteroatoms. The van der Waals surface area contributed by atoms with Crippen LogP contribution in [0.4, 0.5) is 5.69 Å². The van der Waals surface area contributed by atoms with Crippen LogP contribution in [-0.2, 0) is 9.53 Å². The highest BCUT2D eigenvalue weighted by Gasteiger charge is 2.28. The Morgan fingerprint density at radius 3 is 2.94 bits per heavy atom. The number of carbonyl (C=O) groups excluding carboxylic acids is 1. The van der Waals surface area contributed by atoms with Crippen LogP contribution >= 0.6 is 0 Å². The third-order valence-corrected chi connectivity index (χ3v) is 2.64. The zero-order chi connectivity index (χ0) is 11.5. The van der Waals surface area contributed by atoms with Gasteiger partial charge in [0.2, 0.25) is 0 Å². The summed E-state index contributed by atoms with van der Waals surface area (Å²) >= 11 is 0. The fourth-order valence-electron chi connectivity index (χ4n) is 1.80. The molecular formula is C12H15NO3. The van der Waals surface area contributed by atoms with E-state index in [0.29, 0.717) is 5.69 Å². The van der Waals surface area contributed by atoms with E-state index < -0.39 is 0 Å². The lowest BCUT2D eigenvalue weighted by Gasteiger charge is -2.11. The Hall–Kier alpha value is -1.55. The fourth-order valence-corrected chi connectivity index (χ4v) is 1.80. The van der Waals surface area contributed by atoms with Crippen molar-refractivity contribution in [3.05, 3.63) is 24.3 Å². The Kier molecular flexibility index (Phi) is 3.10. The fraction of sp³-hybridized carbons (Fsp3) is 0.417. The molecule has 1 saturated heterocycles. The van der Waals surface area contributed by atoms with Crippen molar-refractivity contribution in [2.24, 2.45) is 0 Å². The molecule has 2 N–H and O–H groups in total. The number of phenols is 1. The van der Waals surface area contributed by atoms with Gasteiger partial charge in [-0.15, -0.1) is 0 Å². The molecule has 0 bridgehead atoms. The number of amides is 1. The van der Waals surface area contributed by atoms with Crippen LogP contribution in [0.5, 0.6) is 5.75 Å². The van der Waals surface area contributed by atoms with E-state index in [1.165, 1.54) is 6.07 Å². The lowest BCUT2D eigenvalue weighted by Crippen LogP contribution is -2.27. The van der Waals surface area contributed by atoms with Crippen molar-refractivity contribution in [2.75, 3.05) is 5.32 Å². The number of ether oxygens (including phenoxy) is 1. The smallest absolute Gasteiger partial charge is 0.253 e. The first-order valence-electron chi connectivity index (χ1n) is 5.40. The lowest BCUT2D eigenvalue weighted by molar-refractivity contribution is -0.126. The zero-order valence-electron chi connectivity index (χ0n) is 9.14. The highest BCUT2D eigenvalue weighted by molar-refractivity contribution is 5.94. The van der Waals surface area contributed by atoms with Gasteiger partial charge >= 0.3 is 0 Å². The van der Waals surface area contributed by atoms with Gasteiger partial charge in [0.15, 0.2) is 0 Å². The van der Waals surface area contributed by atoms with Crippen molar-refractivity contribution in [1.29, 1.82) is 0 Å². The molecule has 2 unspecified atom stereocenters. The monoisotopic (exact) mass is 221 g/mol. The molecule has 16 heavy (non-hydrogen) atoms. The van der Waals surface area contributed by atoms with E-state index in [1.54, 1.807) is 18.2 Å². The van der Waals surface area contributed by atoms with Gasteiger partial charge in [-0.2, -0.15) is 0 Å². The van der Waals surface area contributed by atoms with Crippen LogP contribution in [0.1, 0.15) is 19.8 Å². The number of carbonyl (C=O) groups is 1. The molecule has 1 aliphatic rings. The molecule has 2 atom stereocenters. The average Bonchev–Trinajstić information content (AvgIpc) is 2.65. The number of rotatable bonds is 2. The number of phenolic OH excluding ortho intramolecular Hbond substituents is 1.